The van der Waals surface area contributed by atoms with Gasteiger partial charge >= 0.3 is 103 Å². The van der Waals surface area contributed by atoms with Crippen molar-refractivity contribution in [3.8, 4) is 0 Å². The van der Waals surface area contributed by atoms with Crippen LogP contribution in [0.15, 0.2) is 48.6 Å². The standard InChI is InChI=1S/C10H10SeTe2/c1-2-6-9(5-1)12-11-13-10-7-3-4-8-10/h1-10H. The monoisotopic (exact) mass is 470 g/mol. The molecule has 0 aromatic rings. The molecule has 0 N–H and O–H groups in total. The molecule has 0 aromatic carbocycles. The molecule has 3 heteroatoms. The van der Waals surface area contributed by atoms with Gasteiger partial charge in [0, 0.05) is 0 Å². The Hall–Kier alpha value is 1.06. The van der Waals surface area contributed by atoms with Gasteiger partial charge in [-0.25, -0.2) is 0 Å². The van der Waals surface area contributed by atoms with E-state index in [0.717, 1.165) is 16.5 Å². The van der Waals surface area contributed by atoms with Crippen LogP contribution in [0, 0.1) is 0 Å². The van der Waals surface area contributed by atoms with E-state index in [1.54, 1.807) is 0 Å². The van der Waals surface area contributed by atoms with E-state index in [9.17, 15) is 0 Å². The summed E-state index contributed by atoms with van der Waals surface area (Å²) in [5.74, 6) is 0. The van der Waals surface area contributed by atoms with Gasteiger partial charge in [-0.15, -0.1) is 0 Å². The van der Waals surface area contributed by atoms with Crippen LogP contribution in [-0.4, -0.2) is 46.0 Å². The summed E-state index contributed by atoms with van der Waals surface area (Å²) in [4.78, 5) is 0. The number of rotatable bonds is 4. The molecule has 0 spiro atoms. The third-order valence-corrected chi connectivity index (χ3v) is 29.3. The van der Waals surface area contributed by atoms with E-state index in [-0.39, 0.29) is 0 Å². The minimum atomic E-state index is 0.310. The van der Waals surface area contributed by atoms with E-state index in [1.807, 2.05) is 0 Å². The van der Waals surface area contributed by atoms with Gasteiger partial charge in [-0.05, 0) is 0 Å². The van der Waals surface area contributed by atoms with Crippen LogP contribution in [0.4, 0.5) is 0 Å². The van der Waals surface area contributed by atoms with Crippen LogP contribution in [0.5, 0.6) is 0 Å². The van der Waals surface area contributed by atoms with Crippen molar-refractivity contribution in [3.05, 3.63) is 48.6 Å². The second-order valence-electron chi connectivity index (χ2n) is 2.73. The molecule has 0 amide bonds. The van der Waals surface area contributed by atoms with Crippen molar-refractivity contribution in [1.29, 1.82) is 0 Å². The van der Waals surface area contributed by atoms with E-state index in [2.05, 4.69) is 48.6 Å². The van der Waals surface area contributed by atoms with Crippen LogP contribution >= 0.6 is 0 Å². The molecule has 0 radical (unpaired) electrons. The molecule has 0 unspecified atom stereocenters. The molecule has 0 bridgehead atoms. The third kappa shape index (κ3) is 3.60. The molecule has 0 atom stereocenters. The molecule has 0 saturated heterocycles. The summed E-state index contributed by atoms with van der Waals surface area (Å²) in [6.45, 7) is 0. The summed E-state index contributed by atoms with van der Waals surface area (Å²) < 4.78 is 1.81. The molecular weight excluding hydrogens is 454 g/mol. The Morgan fingerprint density at radius 3 is 1.46 bits per heavy atom. The Labute approximate surface area is 101 Å². The van der Waals surface area contributed by atoms with Crippen molar-refractivity contribution in [3.63, 3.8) is 0 Å². The van der Waals surface area contributed by atoms with Gasteiger partial charge in [0.05, 0.1) is 0 Å². The topological polar surface area (TPSA) is 0 Å². The van der Waals surface area contributed by atoms with E-state index in [1.165, 1.54) is 0 Å². The zero-order valence-electron chi connectivity index (χ0n) is 7.00. The predicted octanol–water partition coefficient (Wildman–Crippen LogP) is 1.76. The van der Waals surface area contributed by atoms with Crippen LogP contribution in [-0.2, 0) is 0 Å². The van der Waals surface area contributed by atoms with E-state index in [4.69, 9.17) is 0 Å². The van der Waals surface area contributed by atoms with Gasteiger partial charge in [0.25, 0.3) is 0 Å². The quantitative estimate of drug-likeness (QED) is 0.557. The summed E-state index contributed by atoms with van der Waals surface area (Å²) in [5, 5.41) is 0. The van der Waals surface area contributed by atoms with Gasteiger partial charge < -0.3 is 0 Å². The molecule has 13 heavy (non-hydrogen) atoms. The Morgan fingerprint density at radius 2 is 1.08 bits per heavy atom. The average Bonchev–Trinajstić information content (AvgIpc) is 2.75. The molecule has 2 rings (SSSR count). The zero-order valence-corrected chi connectivity index (χ0v) is 13.4. The SMILES string of the molecule is C1=CC([Te][Se][Te]C2C=CC=C2)C=C1. The molecule has 2 aliphatic carbocycles. The minimum absolute atomic E-state index is 0.310. The third-order valence-electron chi connectivity index (χ3n) is 1.73. The number of hydrogen-bond donors (Lipinski definition) is 0. The van der Waals surface area contributed by atoms with Crippen molar-refractivity contribution >= 4 is 46.0 Å². The van der Waals surface area contributed by atoms with Crippen LogP contribution < -0.4 is 0 Å². The fourth-order valence-electron chi connectivity index (χ4n) is 1.06. The molecule has 2 aliphatic rings. The fourth-order valence-corrected chi connectivity index (χ4v) is 32.8. The van der Waals surface area contributed by atoms with Gasteiger partial charge in [0.2, 0.25) is 0 Å². The zero-order chi connectivity index (χ0) is 8.93. The Bertz CT molecular complexity index is 227. The first-order valence-corrected chi connectivity index (χ1v) is 18.1. The van der Waals surface area contributed by atoms with Crippen LogP contribution in [0.2, 0.25) is 7.93 Å². The Morgan fingerprint density at radius 1 is 0.692 bits per heavy atom. The van der Waals surface area contributed by atoms with Crippen LogP contribution in [0.25, 0.3) is 0 Å². The van der Waals surface area contributed by atoms with Gasteiger partial charge in [-0.1, -0.05) is 0 Å². The fraction of sp³-hybridized carbons (Fsp3) is 0.200. The van der Waals surface area contributed by atoms with Crippen molar-refractivity contribution in [1.82, 2.24) is 0 Å². The maximum absolute atomic E-state index is 2.39. The van der Waals surface area contributed by atoms with Gasteiger partial charge in [-0.3, -0.25) is 0 Å². The molecule has 0 nitrogen and oxygen atoms in total. The first-order chi connectivity index (χ1) is 6.45. The normalized spacial score (nSPS) is 20.9. The maximum atomic E-state index is 2.39. The first-order valence-electron chi connectivity index (χ1n) is 4.14. The molecular formula is C10H10SeTe2. The molecule has 0 fully saturated rings. The van der Waals surface area contributed by atoms with Crippen LogP contribution in [0.3, 0.4) is 0 Å². The van der Waals surface area contributed by atoms with Crippen molar-refractivity contribution < 1.29 is 0 Å². The summed E-state index contributed by atoms with van der Waals surface area (Å²) in [5.41, 5.74) is 0. The van der Waals surface area contributed by atoms with Crippen molar-refractivity contribution in [2.24, 2.45) is 0 Å². The second-order valence-corrected chi connectivity index (χ2v) is 28.2. The summed E-state index contributed by atoms with van der Waals surface area (Å²) >= 11 is 0.619. The van der Waals surface area contributed by atoms with Gasteiger partial charge in [-0.2, -0.15) is 0 Å². The summed E-state index contributed by atoms with van der Waals surface area (Å²) in [6, 6.07) is 0. The predicted molar refractivity (Wildman–Crippen MR) is 61.3 cm³/mol. The number of allylic oxidation sites excluding steroid dienone is 8. The molecule has 0 aromatic heterocycles. The summed E-state index contributed by atoms with van der Waals surface area (Å²) in [7, 11) is 1.06. The average molecular weight is 464 g/mol. The van der Waals surface area contributed by atoms with Crippen molar-refractivity contribution in [2.45, 2.75) is 7.93 Å². The van der Waals surface area contributed by atoms with Gasteiger partial charge in [0.1, 0.15) is 0 Å². The molecule has 68 valence electrons. The van der Waals surface area contributed by atoms with E-state index < -0.39 is 0 Å². The van der Waals surface area contributed by atoms with E-state index in [0.29, 0.717) is 37.4 Å². The Balaban J connectivity index is 1.63. The number of hydrogen-bond acceptors (Lipinski definition) is 0. The molecule has 0 heterocycles. The summed E-state index contributed by atoms with van der Waals surface area (Å²) in [6.07, 6.45) is 18.4. The second kappa shape index (κ2) is 5.82. The van der Waals surface area contributed by atoms with E-state index >= 15 is 0 Å². The Kier molecular flexibility index (Phi) is 4.74. The first kappa shape index (κ1) is 10.6. The van der Waals surface area contributed by atoms with Crippen molar-refractivity contribution in [2.75, 3.05) is 0 Å². The molecule has 0 aliphatic heterocycles. The van der Waals surface area contributed by atoms with Gasteiger partial charge in [0.15, 0.2) is 0 Å². The van der Waals surface area contributed by atoms with Crippen LogP contribution in [0.1, 0.15) is 0 Å². The molecule has 0 saturated carbocycles.